The van der Waals surface area contributed by atoms with Crippen molar-refractivity contribution < 1.29 is 9.53 Å². The maximum atomic E-state index is 12.7. The molecule has 4 aromatic rings. The lowest BCUT2D eigenvalue weighted by Crippen LogP contribution is -2.18. The lowest BCUT2D eigenvalue weighted by atomic mass is 9.97. The molecule has 4 rings (SSSR count). The van der Waals surface area contributed by atoms with Crippen LogP contribution in [-0.2, 0) is 4.79 Å². The van der Waals surface area contributed by atoms with Crippen molar-refractivity contribution in [2.45, 2.75) is 19.8 Å². The molecular formula is C23H22N4O2. The quantitative estimate of drug-likeness (QED) is 0.522. The fraction of sp³-hybridized carbons (Fsp3) is 0.174. The zero-order valence-electron chi connectivity index (χ0n) is 16.6. The molecule has 2 N–H and O–H groups in total. The van der Waals surface area contributed by atoms with E-state index in [-0.39, 0.29) is 11.8 Å². The van der Waals surface area contributed by atoms with Crippen molar-refractivity contribution in [2.75, 3.05) is 12.4 Å². The molecule has 0 aliphatic rings. The van der Waals surface area contributed by atoms with Crippen molar-refractivity contribution in [2.24, 2.45) is 0 Å². The highest BCUT2D eigenvalue weighted by Crippen LogP contribution is 2.26. The molecule has 0 aliphatic heterocycles. The van der Waals surface area contributed by atoms with Gasteiger partial charge in [0.2, 0.25) is 5.91 Å². The van der Waals surface area contributed by atoms with Crippen LogP contribution in [0.4, 0.5) is 5.69 Å². The number of fused-ring (bicyclic) bond motifs is 1. The van der Waals surface area contributed by atoms with Crippen molar-refractivity contribution in [1.29, 1.82) is 0 Å². The highest BCUT2D eigenvalue weighted by molar-refractivity contribution is 5.96. The van der Waals surface area contributed by atoms with E-state index in [1.807, 2.05) is 74.5 Å². The van der Waals surface area contributed by atoms with Gasteiger partial charge in [-0.3, -0.25) is 9.89 Å². The molecule has 146 valence electrons. The maximum Gasteiger partial charge on any atom is 0.231 e. The Morgan fingerprint density at radius 2 is 1.76 bits per heavy atom. The summed E-state index contributed by atoms with van der Waals surface area (Å²) in [4.78, 5) is 17.1. The number of hydrogen-bond donors (Lipinski definition) is 2. The standard InChI is InChI=1S/C23H22N4O2/c1-14(17-4-5-19-13-21(29-3)11-8-18(19)12-17)23(28)25-20-9-6-16(7-10-20)22-24-15(2)26-27-22/h4-14H,1-3H3,(H,25,28)(H,24,26,27)/t14-/m0/s1. The minimum Gasteiger partial charge on any atom is -0.497 e. The predicted octanol–water partition coefficient (Wildman–Crippen LogP) is 4.68. The fourth-order valence-corrected chi connectivity index (χ4v) is 3.21. The van der Waals surface area contributed by atoms with Crippen LogP contribution in [0.5, 0.6) is 5.75 Å². The number of carbonyl (C=O) groups is 1. The molecule has 0 radical (unpaired) electrons. The molecule has 0 saturated heterocycles. The number of anilines is 1. The number of rotatable bonds is 5. The monoisotopic (exact) mass is 386 g/mol. The van der Waals surface area contributed by atoms with Gasteiger partial charge in [-0.1, -0.05) is 24.3 Å². The highest BCUT2D eigenvalue weighted by atomic mass is 16.5. The third-order valence-electron chi connectivity index (χ3n) is 4.97. The summed E-state index contributed by atoms with van der Waals surface area (Å²) in [7, 11) is 1.65. The number of carbonyl (C=O) groups excluding carboxylic acids is 1. The molecule has 1 amide bonds. The van der Waals surface area contributed by atoms with Gasteiger partial charge in [0, 0.05) is 11.3 Å². The Kier molecular flexibility index (Phi) is 4.99. The summed E-state index contributed by atoms with van der Waals surface area (Å²) < 4.78 is 5.27. The first-order chi connectivity index (χ1) is 14.0. The number of nitrogens with one attached hydrogen (secondary N) is 2. The molecule has 29 heavy (non-hydrogen) atoms. The van der Waals surface area contributed by atoms with Crippen molar-refractivity contribution >= 4 is 22.4 Å². The van der Waals surface area contributed by atoms with Crippen LogP contribution >= 0.6 is 0 Å². The van der Waals surface area contributed by atoms with Crippen LogP contribution in [0.3, 0.4) is 0 Å². The topological polar surface area (TPSA) is 79.9 Å². The van der Waals surface area contributed by atoms with Crippen molar-refractivity contribution in [3.8, 4) is 17.1 Å². The van der Waals surface area contributed by atoms with Gasteiger partial charge in [-0.15, -0.1) is 0 Å². The number of hydrogen-bond acceptors (Lipinski definition) is 4. The second-order valence-electron chi connectivity index (χ2n) is 7.01. The van der Waals surface area contributed by atoms with Crippen LogP contribution in [0, 0.1) is 6.92 Å². The first-order valence-corrected chi connectivity index (χ1v) is 9.41. The first-order valence-electron chi connectivity index (χ1n) is 9.41. The van der Waals surface area contributed by atoms with Gasteiger partial charge in [0.15, 0.2) is 5.82 Å². The minimum atomic E-state index is -0.281. The van der Waals surface area contributed by atoms with Gasteiger partial charge in [-0.05, 0) is 66.6 Å². The Morgan fingerprint density at radius 3 is 2.45 bits per heavy atom. The second kappa shape index (κ2) is 7.75. The van der Waals surface area contributed by atoms with Crippen LogP contribution in [0.1, 0.15) is 24.2 Å². The third-order valence-corrected chi connectivity index (χ3v) is 4.97. The van der Waals surface area contributed by atoms with E-state index >= 15 is 0 Å². The number of amides is 1. The number of aryl methyl sites for hydroxylation is 1. The number of H-pyrrole nitrogens is 1. The van der Waals surface area contributed by atoms with Gasteiger partial charge in [0.05, 0.1) is 13.0 Å². The minimum absolute atomic E-state index is 0.0562. The van der Waals surface area contributed by atoms with E-state index in [1.54, 1.807) is 7.11 Å². The van der Waals surface area contributed by atoms with Crippen molar-refractivity contribution in [1.82, 2.24) is 15.2 Å². The van der Waals surface area contributed by atoms with Crippen LogP contribution in [0.15, 0.2) is 60.7 Å². The van der Waals surface area contributed by atoms with Gasteiger partial charge >= 0.3 is 0 Å². The van der Waals surface area contributed by atoms with Crippen LogP contribution < -0.4 is 10.1 Å². The summed E-state index contributed by atoms with van der Waals surface area (Å²) in [6.07, 6.45) is 0. The Bertz CT molecular complexity index is 1170. The normalized spacial score (nSPS) is 12.0. The number of nitrogens with zero attached hydrogens (tertiary/aromatic N) is 2. The number of methoxy groups -OCH3 is 1. The lowest BCUT2D eigenvalue weighted by Gasteiger charge is -2.14. The molecule has 1 aromatic heterocycles. The second-order valence-corrected chi connectivity index (χ2v) is 7.01. The van der Waals surface area contributed by atoms with E-state index in [1.165, 1.54) is 0 Å². The van der Waals surface area contributed by atoms with E-state index in [0.29, 0.717) is 5.82 Å². The average Bonchev–Trinajstić information content (AvgIpc) is 3.19. The first kappa shape index (κ1) is 18.7. The van der Waals surface area contributed by atoms with E-state index < -0.39 is 0 Å². The Labute approximate surface area is 168 Å². The van der Waals surface area contributed by atoms with Gasteiger partial charge in [0.1, 0.15) is 11.6 Å². The Hall–Kier alpha value is -3.67. The molecule has 0 bridgehead atoms. The van der Waals surface area contributed by atoms with Crippen molar-refractivity contribution in [3.63, 3.8) is 0 Å². The molecular weight excluding hydrogens is 364 g/mol. The smallest absolute Gasteiger partial charge is 0.231 e. The molecule has 6 heteroatoms. The van der Waals surface area contributed by atoms with E-state index in [0.717, 1.165) is 39.2 Å². The molecule has 0 spiro atoms. The third kappa shape index (κ3) is 3.96. The van der Waals surface area contributed by atoms with Crippen LogP contribution in [0.25, 0.3) is 22.2 Å². The number of aromatic nitrogens is 3. The summed E-state index contributed by atoms with van der Waals surface area (Å²) in [6, 6.07) is 19.5. The molecule has 0 saturated carbocycles. The van der Waals surface area contributed by atoms with E-state index in [9.17, 15) is 4.79 Å². The Balaban J connectivity index is 1.48. The number of aromatic amines is 1. The van der Waals surface area contributed by atoms with Gasteiger partial charge in [-0.25, -0.2) is 4.98 Å². The molecule has 6 nitrogen and oxygen atoms in total. The van der Waals surface area contributed by atoms with Crippen LogP contribution in [-0.4, -0.2) is 28.2 Å². The molecule has 3 aromatic carbocycles. The summed E-state index contributed by atoms with van der Waals surface area (Å²) in [5, 5.41) is 12.1. The van der Waals surface area contributed by atoms with Crippen LogP contribution in [0.2, 0.25) is 0 Å². The largest absolute Gasteiger partial charge is 0.497 e. The van der Waals surface area contributed by atoms with E-state index in [2.05, 4.69) is 20.5 Å². The predicted molar refractivity (Wildman–Crippen MR) is 114 cm³/mol. The molecule has 0 fully saturated rings. The summed E-state index contributed by atoms with van der Waals surface area (Å²) in [5.74, 6) is 1.89. The fourth-order valence-electron chi connectivity index (χ4n) is 3.21. The summed E-state index contributed by atoms with van der Waals surface area (Å²) >= 11 is 0. The number of benzene rings is 3. The van der Waals surface area contributed by atoms with Gasteiger partial charge in [0.25, 0.3) is 0 Å². The Morgan fingerprint density at radius 1 is 1.03 bits per heavy atom. The van der Waals surface area contributed by atoms with E-state index in [4.69, 9.17) is 4.74 Å². The van der Waals surface area contributed by atoms with Crippen molar-refractivity contribution in [3.05, 3.63) is 72.1 Å². The zero-order valence-corrected chi connectivity index (χ0v) is 16.6. The average molecular weight is 386 g/mol. The summed E-state index contributed by atoms with van der Waals surface area (Å²) in [6.45, 7) is 3.76. The lowest BCUT2D eigenvalue weighted by molar-refractivity contribution is -0.117. The summed E-state index contributed by atoms with van der Waals surface area (Å²) in [5.41, 5.74) is 2.60. The SMILES string of the molecule is COc1ccc2cc([C@H](C)C(=O)Nc3ccc(-c4n[nH]c(C)n4)cc3)ccc2c1. The van der Waals surface area contributed by atoms with Gasteiger partial charge in [-0.2, -0.15) is 5.10 Å². The highest BCUT2D eigenvalue weighted by Gasteiger charge is 2.16. The van der Waals surface area contributed by atoms with Gasteiger partial charge < -0.3 is 10.1 Å². The molecule has 1 heterocycles. The number of ether oxygens (including phenoxy) is 1. The zero-order chi connectivity index (χ0) is 20.4. The molecule has 0 aliphatic carbocycles. The molecule has 0 unspecified atom stereocenters. The maximum absolute atomic E-state index is 12.7. The molecule has 1 atom stereocenters.